The van der Waals surface area contributed by atoms with Gasteiger partial charge in [-0.2, -0.15) is 0 Å². The molecule has 6 nitrogen and oxygen atoms in total. The van der Waals surface area contributed by atoms with Gasteiger partial charge < -0.3 is 9.47 Å². The second kappa shape index (κ2) is 8.06. The van der Waals surface area contributed by atoms with Crippen LogP contribution in [0.3, 0.4) is 0 Å². The highest BCUT2D eigenvalue weighted by molar-refractivity contribution is 7.89. The second-order valence-electron chi connectivity index (χ2n) is 5.40. The van der Waals surface area contributed by atoms with Gasteiger partial charge in [0.1, 0.15) is 10.8 Å². The van der Waals surface area contributed by atoms with E-state index in [1.165, 1.54) is 11.3 Å². The number of ether oxygens (including phenoxy) is 2. The van der Waals surface area contributed by atoms with Crippen molar-refractivity contribution in [2.45, 2.75) is 31.8 Å². The van der Waals surface area contributed by atoms with E-state index in [0.29, 0.717) is 30.9 Å². The van der Waals surface area contributed by atoms with Gasteiger partial charge in [0.25, 0.3) is 0 Å². The van der Waals surface area contributed by atoms with Crippen molar-refractivity contribution in [2.75, 3.05) is 20.8 Å². The fraction of sp³-hybridized carbons (Fsp3) is 0.438. The average Bonchev–Trinajstić information content (AvgIpc) is 2.96. The Morgan fingerprint density at radius 3 is 2.62 bits per heavy atom. The lowest BCUT2D eigenvalue weighted by atomic mass is 10.1. The highest BCUT2D eigenvalue weighted by Crippen LogP contribution is 2.25. The van der Waals surface area contributed by atoms with Gasteiger partial charge in [-0.15, -0.1) is 11.3 Å². The molecule has 0 spiro atoms. The number of sulfonamides is 1. The van der Waals surface area contributed by atoms with Crippen LogP contribution < -0.4 is 9.46 Å². The smallest absolute Gasteiger partial charge is 0.240 e. The molecule has 1 aromatic heterocycles. The first-order valence-electron chi connectivity index (χ1n) is 7.44. The highest BCUT2D eigenvalue weighted by atomic mass is 32.2. The Balaban J connectivity index is 2.04. The summed E-state index contributed by atoms with van der Waals surface area (Å²) in [6, 6.07) is 3.37. The van der Waals surface area contributed by atoms with E-state index >= 15 is 0 Å². The first kappa shape index (κ1) is 18.9. The van der Waals surface area contributed by atoms with E-state index in [2.05, 4.69) is 9.71 Å². The zero-order valence-corrected chi connectivity index (χ0v) is 15.9. The summed E-state index contributed by atoms with van der Waals surface area (Å²) < 4.78 is 37.9. The van der Waals surface area contributed by atoms with E-state index in [-0.39, 0.29) is 4.90 Å². The van der Waals surface area contributed by atoms with Gasteiger partial charge in [0.05, 0.1) is 24.3 Å². The van der Waals surface area contributed by atoms with Crippen LogP contribution in [0.1, 0.15) is 21.8 Å². The number of aryl methyl sites for hydroxylation is 2. The molecule has 0 amide bonds. The third-order valence-corrected chi connectivity index (χ3v) is 6.00. The SMILES string of the molecule is COCc1nc(CCNS(=O)(=O)c2cc(C)c(OC)cc2C)cs1. The number of nitrogens with zero attached hydrogens (tertiary/aromatic N) is 1. The standard InChI is InChI=1S/C16H22N2O4S2/c1-11-8-15(12(2)7-14(11)22-4)24(19,20)17-6-5-13-10-23-16(18-13)9-21-3/h7-8,10,17H,5-6,9H2,1-4H3. The van der Waals surface area contributed by atoms with E-state index in [9.17, 15) is 8.42 Å². The van der Waals surface area contributed by atoms with Crippen molar-refractivity contribution < 1.29 is 17.9 Å². The van der Waals surface area contributed by atoms with Gasteiger partial charge in [-0.1, -0.05) is 0 Å². The summed E-state index contributed by atoms with van der Waals surface area (Å²) in [5.74, 6) is 0.680. The van der Waals surface area contributed by atoms with Crippen molar-refractivity contribution in [1.29, 1.82) is 0 Å². The van der Waals surface area contributed by atoms with Crippen molar-refractivity contribution >= 4 is 21.4 Å². The van der Waals surface area contributed by atoms with Crippen molar-refractivity contribution in [1.82, 2.24) is 9.71 Å². The number of hydrogen-bond acceptors (Lipinski definition) is 6. The maximum atomic E-state index is 12.5. The van der Waals surface area contributed by atoms with Crippen LogP contribution in [0.2, 0.25) is 0 Å². The number of nitrogens with one attached hydrogen (secondary N) is 1. The number of hydrogen-bond donors (Lipinski definition) is 1. The molecule has 0 aliphatic rings. The third kappa shape index (κ3) is 4.54. The Bertz CT molecular complexity index is 800. The first-order chi connectivity index (χ1) is 11.4. The molecule has 2 aromatic rings. The summed E-state index contributed by atoms with van der Waals surface area (Å²) in [7, 11) is -0.378. The molecule has 8 heteroatoms. The zero-order chi connectivity index (χ0) is 17.7. The lowest BCUT2D eigenvalue weighted by molar-refractivity contribution is 0.184. The molecule has 0 saturated heterocycles. The minimum Gasteiger partial charge on any atom is -0.496 e. The van der Waals surface area contributed by atoms with Gasteiger partial charge in [-0.05, 0) is 37.1 Å². The van der Waals surface area contributed by atoms with Gasteiger partial charge in [-0.25, -0.2) is 18.1 Å². The third-order valence-electron chi connectivity index (χ3n) is 3.52. The maximum Gasteiger partial charge on any atom is 0.240 e. The molecule has 24 heavy (non-hydrogen) atoms. The summed E-state index contributed by atoms with van der Waals surface area (Å²) in [4.78, 5) is 4.67. The number of methoxy groups -OCH3 is 2. The van der Waals surface area contributed by atoms with E-state index in [1.807, 2.05) is 12.3 Å². The largest absolute Gasteiger partial charge is 0.496 e. The summed E-state index contributed by atoms with van der Waals surface area (Å²) >= 11 is 1.51. The minimum absolute atomic E-state index is 0.277. The molecule has 1 aromatic carbocycles. The van der Waals surface area contributed by atoms with Gasteiger partial charge in [0.2, 0.25) is 10.0 Å². The van der Waals surface area contributed by atoms with Crippen LogP contribution in [0.25, 0.3) is 0 Å². The first-order valence-corrected chi connectivity index (χ1v) is 9.80. The topological polar surface area (TPSA) is 77.5 Å². The lowest BCUT2D eigenvalue weighted by Crippen LogP contribution is -2.26. The fourth-order valence-corrected chi connectivity index (χ4v) is 4.46. The fourth-order valence-electron chi connectivity index (χ4n) is 2.32. The number of thiazole rings is 1. The molecule has 0 saturated carbocycles. The van der Waals surface area contributed by atoms with Gasteiger partial charge in [0, 0.05) is 25.5 Å². The molecule has 1 N–H and O–H groups in total. The van der Waals surface area contributed by atoms with Crippen LogP contribution in [0.5, 0.6) is 5.75 Å². The summed E-state index contributed by atoms with van der Waals surface area (Å²) in [5.41, 5.74) is 2.30. The number of aromatic nitrogens is 1. The Labute approximate surface area is 146 Å². The van der Waals surface area contributed by atoms with Crippen LogP contribution in [0, 0.1) is 13.8 Å². The molecule has 0 fully saturated rings. The molecule has 132 valence electrons. The summed E-state index contributed by atoms with van der Waals surface area (Å²) in [6.45, 7) is 4.35. The van der Waals surface area contributed by atoms with Crippen molar-refractivity contribution in [3.63, 3.8) is 0 Å². The summed E-state index contributed by atoms with van der Waals surface area (Å²) in [6.07, 6.45) is 0.535. The van der Waals surface area contributed by atoms with E-state index in [0.717, 1.165) is 16.3 Å². The molecule has 0 radical (unpaired) electrons. The normalized spacial score (nSPS) is 11.7. The predicted octanol–water partition coefficient (Wildman–Crippen LogP) is 2.44. The average molecular weight is 370 g/mol. The summed E-state index contributed by atoms with van der Waals surface area (Å²) in [5, 5.41) is 2.81. The molecule has 0 aliphatic carbocycles. The van der Waals surface area contributed by atoms with Crippen molar-refractivity contribution in [2.24, 2.45) is 0 Å². The molecular weight excluding hydrogens is 348 g/mol. The minimum atomic E-state index is -3.57. The van der Waals surface area contributed by atoms with Gasteiger partial charge in [-0.3, -0.25) is 0 Å². The molecule has 0 aliphatic heterocycles. The second-order valence-corrected chi connectivity index (χ2v) is 8.08. The Morgan fingerprint density at radius 1 is 1.21 bits per heavy atom. The quantitative estimate of drug-likeness (QED) is 0.772. The molecule has 0 atom stereocenters. The van der Waals surface area contributed by atoms with Crippen LogP contribution in [0.4, 0.5) is 0 Å². The Morgan fingerprint density at radius 2 is 1.96 bits per heavy atom. The zero-order valence-electron chi connectivity index (χ0n) is 14.3. The van der Waals surface area contributed by atoms with Gasteiger partial charge in [0.15, 0.2) is 0 Å². The van der Waals surface area contributed by atoms with E-state index in [4.69, 9.17) is 9.47 Å². The van der Waals surface area contributed by atoms with E-state index < -0.39 is 10.0 Å². The van der Waals surface area contributed by atoms with Gasteiger partial charge >= 0.3 is 0 Å². The number of benzene rings is 1. The molecular formula is C16H22N2O4S2. The van der Waals surface area contributed by atoms with Crippen molar-refractivity contribution in [3.8, 4) is 5.75 Å². The number of rotatable bonds is 8. The van der Waals surface area contributed by atoms with E-state index in [1.54, 1.807) is 33.3 Å². The van der Waals surface area contributed by atoms with Crippen LogP contribution in [0.15, 0.2) is 22.4 Å². The van der Waals surface area contributed by atoms with Crippen LogP contribution in [-0.2, 0) is 27.8 Å². The predicted molar refractivity (Wildman–Crippen MR) is 94.2 cm³/mol. The highest BCUT2D eigenvalue weighted by Gasteiger charge is 2.18. The molecule has 1 heterocycles. The molecule has 0 unspecified atom stereocenters. The maximum absolute atomic E-state index is 12.5. The monoisotopic (exact) mass is 370 g/mol. The Hall–Kier alpha value is -1.48. The van der Waals surface area contributed by atoms with Crippen LogP contribution >= 0.6 is 11.3 Å². The Kier molecular flexibility index (Phi) is 6.34. The lowest BCUT2D eigenvalue weighted by Gasteiger charge is -2.12. The molecule has 2 rings (SSSR count). The van der Waals surface area contributed by atoms with Crippen LogP contribution in [-0.4, -0.2) is 34.2 Å². The van der Waals surface area contributed by atoms with Crippen molar-refractivity contribution in [3.05, 3.63) is 39.3 Å². The molecule has 0 bridgehead atoms.